The number of carboxylic acid groups (broad SMARTS) is 2. The third-order valence-corrected chi connectivity index (χ3v) is 0. The van der Waals surface area contributed by atoms with Crippen LogP contribution in [0.5, 0.6) is 0 Å². The second kappa shape index (κ2) is 10.8. The van der Waals surface area contributed by atoms with Crippen LogP contribution in [-0.2, 0) is 0 Å². The van der Waals surface area contributed by atoms with Gasteiger partial charge in [0.25, 0.3) is 0 Å². The minimum atomic E-state index is -1.83. The van der Waals surface area contributed by atoms with Crippen molar-refractivity contribution in [2.75, 3.05) is 28.2 Å². The predicted molar refractivity (Wildman–Crippen MR) is 39.3 cm³/mol. The van der Waals surface area contributed by atoms with Gasteiger partial charge >= 0.3 is 57.5 Å². The summed E-state index contributed by atoms with van der Waals surface area (Å²) in [4.78, 5) is 8.56. The van der Waals surface area contributed by atoms with E-state index < -0.39 is 6.16 Å². The summed E-state index contributed by atoms with van der Waals surface area (Å²) in [6.07, 6.45) is -1.83. The molecule has 0 bridgehead atoms. The van der Waals surface area contributed by atoms with E-state index >= 15 is 0 Å². The minimum Gasteiger partial charge on any atom is -1.00 e. The predicted octanol–water partition coefficient (Wildman–Crippen LogP) is -3.16. The summed E-state index contributed by atoms with van der Waals surface area (Å²) in [5.74, 6) is 0. The maximum absolute atomic E-state index is 8.56. The Labute approximate surface area is 111 Å². The van der Waals surface area contributed by atoms with Gasteiger partial charge in [-0.25, -0.2) is 4.79 Å². The van der Waals surface area contributed by atoms with E-state index in [1.807, 2.05) is 0 Å². The standard InChI is InChI=1S/C4H12N.CH2O3.K.H2O.H/c1-5(2,3)4;2-1(3)4;;;/h1-4H3;(H2,2,3,4);;1H2;/q+1;;+1;;-1. The number of nitrogens with zero attached hydrogens (tertiary/aromatic N) is 1. The van der Waals surface area contributed by atoms with Crippen LogP contribution in [0.1, 0.15) is 1.43 Å². The van der Waals surface area contributed by atoms with Crippen LogP contribution in [0.3, 0.4) is 0 Å². The number of carbonyl (C=O) groups is 1. The molecule has 0 aliphatic rings. The zero-order chi connectivity index (χ0) is 8.08. The molecule has 0 heterocycles. The van der Waals surface area contributed by atoms with Crippen molar-refractivity contribution in [2.45, 2.75) is 0 Å². The molecule has 5 nitrogen and oxygen atoms in total. The minimum absolute atomic E-state index is 0. The molecule has 0 aromatic rings. The number of hydrogen-bond acceptors (Lipinski definition) is 1. The van der Waals surface area contributed by atoms with Crippen LogP contribution in [0.2, 0.25) is 0 Å². The summed E-state index contributed by atoms with van der Waals surface area (Å²) in [7, 11) is 8.50. The number of rotatable bonds is 0. The zero-order valence-corrected chi connectivity index (χ0v) is 10.9. The van der Waals surface area contributed by atoms with Crippen LogP contribution >= 0.6 is 0 Å². The summed E-state index contributed by atoms with van der Waals surface area (Å²) < 4.78 is 1.00. The van der Waals surface area contributed by atoms with Crippen molar-refractivity contribution in [1.29, 1.82) is 0 Å². The summed E-state index contributed by atoms with van der Waals surface area (Å²) in [6.45, 7) is 0. The molecular formula is C5H17KNO4+. The van der Waals surface area contributed by atoms with E-state index in [9.17, 15) is 0 Å². The molecule has 0 aliphatic heterocycles. The largest absolute Gasteiger partial charge is 1.00 e. The third kappa shape index (κ3) is 1240. The second-order valence-electron chi connectivity index (χ2n) is 2.97. The molecule has 0 saturated heterocycles. The average molecular weight is 194 g/mol. The Hall–Kier alpha value is 0.826. The van der Waals surface area contributed by atoms with Crippen molar-refractivity contribution in [3.63, 3.8) is 0 Å². The van der Waals surface area contributed by atoms with Crippen LogP contribution in [-0.4, -0.2) is 54.5 Å². The van der Waals surface area contributed by atoms with E-state index in [4.69, 9.17) is 15.0 Å². The van der Waals surface area contributed by atoms with E-state index in [1.165, 1.54) is 0 Å². The smallest absolute Gasteiger partial charge is 1.00 e. The fourth-order valence-electron chi connectivity index (χ4n) is 0. The van der Waals surface area contributed by atoms with Gasteiger partial charge in [-0.3, -0.25) is 0 Å². The van der Waals surface area contributed by atoms with Gasteiger partial charge in [0.15, 0.2) is 0 Å². The van der Waals surface area contributed by atoms with Gasteiger partial charge in [-0.2, -0.15) is 0 Å². The first-order valence-electron chi connectivity index (χ1n) is 2.44. The topological polar surface area (TPSA) is 89.0 Å². The Kier molecular flexibility index (Phi) is 22.3. The van der Waals surface area contributed by atoms with Gasteiger partial charge in [-0.1, -0.05) is 0 Å². The average Bonchev–Trinajstić information content (AvgIpc) is 1.19. The Bertz CT molecular complexity index is 85.9. The number of quaternary nitrogens is 1. The first-order valence-corrected chi connectivity index (χ1v) is 2.44. The third-order valence-electron chi connectivity index (χ3n) is 0. The fourth-order valence-corrected chi connectivity index (χ4v) is 0. The molecule has 0 aromatic heterocycles. The van der Waals surface area contributed by atoms with Gasteiger partial charge in [0.05, 0.1) is 28.2 Å². The molecule has 0 aliphatic carbocycles. The van der Waals surface area contributed by atoms with Gasteiger partial charge in [-0.15, -0.1) is 0 Å². The van der Waals surface area contributed by atoms with E-state index in [0.29, 0.717) is 0 Å². The normalized spacial score (nSPS) is 7.64. The first kappa shape index (κ1) is 22.6. The molecule has 0 unspecified atom stereocenters. The summed E-state index contributed by atoms with van der Waals surface area (Å²) >= 11 is 0. The SMILES string of the molecule is C[N+](C)(C)C.O.O=C(O)O.[H-].[K+]. The van der Waals surface area contributed by atoms with Crippen molar-refractivity contribution in [3.8, 4) is 0 Å². The van der Waals surface area contributed by atoms with Crippen LogP contribution in [0.4, 0.5) is 4.79 Å². The quantitative estimate of drug-likeness (QED) is 0.315. The van der Waals surface area contributed by atoms with Gasteiger partial charge in [0.1, 0.15) is 0 Å². The van der Waals surface area contributed by atoms with Crippen molar-refractivity contribution in [2.24, 2.45) is 0 Å². The molecular weight excluding hydrogens is 177 g/mol. The Balaban J connectivity index is -0.0000000221. The maximum atomic E-state index is 8.56. The monoisotopic (exact) mass is 194 g/mol. The molecule has 0 aromatic carbocycles. The van der Waals surface area contributed by atoms with E-state index in [0.717, 1.165) is 4.48 Å². The molecule has 0 rings (SSSR count). The molecule has 0 amide bonds. The van der Waals surface area contributed by atoms with Crippen LogP contribution in [0, 0.1) is 0 Å². The first-order chi connectivity index (χ1) is 3.73. The molecule has 0 atom stereocenters. The van der Waals surface area contributed by atoms with E-state index in [1.54, 1.807) is 0 Å². The Morgan fingerprint density at radius 1 is 1.18 bits per heavy atom. The summed E-state index contributed by atoms with van der Waals surface area (Å²) in [6, 6.07) is 0. The Morgan fingerprint density at radius 2 is 1.18 bits per heavy atom. The molecule has 0 saturated carbocycles. The molecule has 66 valence electrons. The van der Waals surface area contributed by atoms with Gasteiger partial charge in [0.2, 0.25) is 0 Å². The number of hydrogen-bond donors (Lipinski definition) is 2. The molecule has 0 fully saturated rings. The fraction of sp³-hybridized carbons (Fsp3) is 0.800. The zero-order valence-electron chi connectivity index (χ0n) is 8.75. The van der Waals surface area contributed by atoms with E-state index in [-0.39, 0.29) is 58.3 Å². The Morgan fingerprint density at radius 3 is 1.18 bits per heavy atom. The molecule has 4 N–H and O–H groups in total. The summed E-state index contributed by atoms with van der Waals surface area (Å²) in [5.41, 5.74) is 0. The van der Waals surface area contributed by atoms with Crippen molar-refractivity contribution < 1.29 is 77.8 Å². The molecule has 11 heavy (non-hydrogen) atoms. The van der Waals surface area contributed by atoms with Crippen LogP contribution < -0.4 is 51.4 Å². The summed E-state index contributed by atoms with van der Waals surface area (Å²) in [5, 5.41) is 13.9. The van der Waals surface area contributed by atoms with Crippen molar-refractivity contribution in [3.05, 3.63) is 0 Å². The maximum Gasteiger partial charge on any atom is 1.00 e. The van der Waals surface area contributed by atoms with Crippen LogP contribution in [0.25, 0.3) is 0 Å². The van der Waals surface area contributed by atoms with Gasteiger partial charge in [0, 0.05) is 0 Å². The molecule has 0 radical (unpaired) electrons. The van der Waals surface area contributed by atoms with Crippen LogP contribution in [0.15, 0.2) is 0 Å². The van der Waals surface area contributed by atoms with Gasteiger partial charge < -0.3 is 21.6 Å². The van der Waals surface area contributed by atoms with Crippen molar-refractivity contribution in [1.82, 2.24) is 0 Å². The molecule has 6 heteroatoms. The second-order valence-corrected chi connectivity index (χ2v) is 2.97. The van der Waals surface area contributed by atoms with Gasteiger partial charge in [-0.05, 0) is 0 Å². The van der Waals surface area contributed by atoms with E-state index in [2.05, 4.69) is 28.2 Å². The molecule has 0 spiro atoms. The van der Waals surface area contributed by atoms with Crippen molar-refractivity contribution >= 4 is 6.16 Å².